The molecule has 1 heterocycles. The Hall–Kier alpha value is -0.800. The molecule has 0 saturated carbocycles. The van der Waals surface area contributed by atoms with Crippen LogP contribution in [0.25, 0.3) is 0 Å². The number of hydrogen-bond acceptors (Lipinski definition) is 7. The zero-order valence-corrected chi connectivity index (χ0v) is 15.5. The number of carbonyl (C=O) groups is 2. The molecule has 1 rings (SSSR count). The summed E-state index contributed by atoms with van der Waals surface area (Å²) in [6.07, 6.45) is 0.925. The van der Waals surface area contributed by atoms with Crippen LogP contribution < -0.4 is 10.6 Å². The van der Waals surface area contributed by atoms with E-state index in [0.717, 1.165) is 15.1 Å². The van der Waals surface area contributed by atoms with Crippen LogP contribution in [0.5, 0.6) is 0 Å². The molecule has 22 heavy (non-hydrogen) atoms. The number of hydrogen-bond donors (Lipinski definition) is 2. The largest absolute Gasteiger partial charge is 0.355 e. The van der Waals surface area contributed by atoms with E-state index in [1.54, 1.807) is 0 Å². The van der Waals surface area contributed by atoms with Crippen LogP contribution in [-0.2, 0) is 9.59 Å². The van der Waals surface area contributed by atoms with Crippen LogP contribution in [0.15, 0.2) is 8.68 Å². The van der Waals surface area contributed by atoms with Gasteiger partial charge in [0.05, 0.1) is 11.5 Å². The van der Waals surface area contributed by atoms with Crippen LogP contribution in [0.3, 0.4) is 0 Å². The molecule has 2 amide bonds. The van der Waals surface area contributed by atoms with Crippen molar-refractivity contribution in [1.29, 1.82) is 0 Å². The molecule has 0 saturated heterocycles. The lowest BCUT2D eigenvalue weighted by molar-refractivity contribution is -0.119. The number of amides is 2. The summed E-state index contributed by atoms with van der Waals surface area (Å²) in [6.45, 7) is 7.50. The number of thioether (sulfide) groups is 2. The van der Waals surface area contributed by atoms with Crippen LogP contribution >= 0.6 is 34.9 Å². The highest BCUT2D eigenvalue weighted by Crippen LogP contribution is 2.28. The van der Waals surface area contributed by atoms with Gasteiger partial charge in [0.15, 0.2) is 8.68 Å². The Labute approximate surface area is 143 Å². The van der Waals surface area contributed by atoms with Crippen LogP contribution in [0.2, 0.25) is 0 Å². The highest BCUT2D eigenvalue weighted by Gasteiger charge is 2.10. The number of nitrogens with one attached hydrogen (secondary N) is 2. The maximum absolute atomic E-state index is 11.6. The molecule has 0 atom stereocenters. The minimum Gasteiger partial charge on any atom is -0.355 e. The van der Waals surface area contributed by atoms with Crippen LogP contribution in [-0.4, -0.2) is 46.6 Å². The molecule has 0 aliphatic rings. The minimum absolute atomic E-state index is 0.00189. The Balaban J connectivity index is 2.26. The molecule has 0 aromatic carbocycles. The van der Waals surface area contributed by atoms with Crippen molar-refractivity contribution in [2.45, 2.75) is 35.9 Å². The van der Waals surface area contributed by atoms with Crippen LogP contribution in [0, 0.1) is 5.92 Å². The molecule has 0 aliphatic heterocycles. The predicted molar refractivity (Wildman–Crippen MR) is 92.5 cm³/mol. The number of nitrogens with zero attached hydrogens (tertiary/aromatic N) is 2. The van der Waals surface area contributed by atoms with E-state index in [9.17, 15) is 9.59 Å². The second kappa shape index (κ2) is 10.8. The van der Waals surface area contributed by atoms with Gasteiger partial charge in [-0.2, -0.15) is 0 Å². The van der Waals surface area contributed by atoms with Crippen LogP contribution in [0.4, 0.5) is 0 Å². The molecule has 1 aromatic rings. The summed E-state index contributed by atoms with van der Waals surface area (Å²) in [5.74, 6) is 1.13. The number of aromatic nitrogens is 2. The van der Waals surface area contributed by atoms with Gasteiger partial charge in [-0.05, 0) is 12.3 Å². The Morgan fingerprint density at radius 1 is 1.09 bits per heavy atom. The first-order valence-corrected chi connectivity index (χ1v) is 9.92. The molecule has 0 spiro atoms. The van der Waals surface area contributed by atoms with Gasteiger partial charge in [-0.15, -0.1) is 10.2 Å². The van der Waals surface area contributed by atoms with Gasteiger partial charge in [-0.3, -0.25) is 9.59 Å². The van der Waals surface area contributed by atoms with E-state index < -0.39 is 0 Å². The van der Waals surface area contributed by atoms with Crippen molar-refractivity contribution in [2.75, 3.05) is 24.6 Å². The molecule has 9 heteroatoms. The van der Waals surface area contributed by atoms with E-state index in [1.165, 1.54) is 34.9 Å². The van der Waals surface area contributed by atoms with Crippen molar-refractivity contribution in [1.82, 2.24) is 20.8 Å². The van der Waals surface area contributed by atoms with Crippen molar-refractivity contribution in [3.05, 3.63) is 0 Å². The molecule has 0 unspecified atom stereocenters. The number of rotatable bonds is 10. The van der Waals surface area contributed by atoms with Crippen molar-refractivity contribution in [3.63, 3.8) is 0 Å². The Morgan fingerprint density at radius 2 is 1.64 bits per heavy atom. The van der Waals surface area contributed by atoms with Gasteiger partial charge in [0, 0.05) is 13.1 Å². The summed E-state index contributed by atoms with van der Waals surface area (Å²) in [6, 6.07) is 0. The van der Waals surface area contributed by atoms with Crippen molar-refractivity contribution < 1.29 is 9.59 Å². The van der Waals surface area contributed by atoms with Gasteiger partial charge < -0.3 is 10.6 Å². The molecular formula is C13H22N4O2S3. The van der Waals surface area contributed by atoms with Crippen molar-refractivity contribution >= 4 is 46.7 Å². The minimum atomic E-state index is 0.00189. The normalized spacial score (nSPS) is 10.7. The molecule has 0 bridgehead atoms. The van der Waals surface area contributed by atoms with Gasteiger partial charge in [-0.1, -0.05) is 55.6 Å². The van der Waals surface area contributed by atoms with E-state index >= 15 is 0 Å². The Bertz CT molecular complexity index is 480. The predicted octanol–water partition coefficient (Wildman–Crippen LogP) is 2.02. The maximum atomic E-state index is 11.6. The summed E-state index contributed by atoms with van der Waals surface area (Å²) < 4.78 is 1.49. The lowest BCUT2D eigenvalue weighted by Gasteiger charge is -2.05. The SMILES string of the molecule is CCCNC(=O)CSc1nnc(SCC(=O)NCC(C)C)s1. The van der Waals surface area contributed by atoms with Gasteiger partial charge in [0.1, 0.15) is 0 Å². The third-order valence-corrected chi connectivity index (χ3v) is 5.51. The third-order valence-electron chi connectivity index (χ3n) is 2.32. The molecule has 124 valence electrons. The fraction of sp³-hybridized carbons (Fsp3) is 0.692. The lowest BCUT2D eigenvalue weighted by Crippen LogP contribution is -2.28. The zero-order chi connectivity index (χ0) is 16.4. The third kappa shape index (κ3) is 8.60. The second-order valence-electron chi connectivity index (χ2n) is 4.96. The molecule has 0 aliphatic carbocycles. The van der Waals surface area contributed by atoms with E-state index in [0.29, 0.717) is 30.5 Å². The smallest absolute Gasteiger partial charge is 0.230 e. The van der Waals surface area contributed by atoms with E-state index in [1.807, 2.05) is 6.92 Å². The monoisotopic (exact) mass is 362 g/mol. The Kier molecular flexibility index (Phi) is 9.49. The molecule has 2 N–H and O–H groups in total. The lowest BCUT2D eigenvalue weighted by atomic mass is 10.2. The molecule has 1 aromatic heterocycles. The van der Waals surface area contributed by atoms with Gasteiger partial charge in [-0.25, -0.2) is 0 Å². The maximum Gasteiger partial charge on any atom is 0.230 e. The summed E-state index contributed by atoms with van der Waals surface area (Å²) in [4.78, 5) is 23.1. The highest BCUT2D eigenvalue weighted by molar-refractivity contribution is 8.03. The first-order chi connectivity index (χ1) is 10.5. The summed E-state index contributed by atoms with van der Waals surface area (Å²) in [5, 5.41) is 13.7. The van der Waals surface area contributed by atoms with E-state index in [-0.39, 0.29) is 11.8 Å². The van der Waals surface area contributed by atoms with Crippen molar-refractivity contribution in [2.24, 2.45) is 5.92 Å². The summed E-state index contributed by atoms with van der Waals surface area (Å²) in [5.41, 5.74) is 0. The average Bonchev–Trinajstić information content (AvgIpc) is 2.94. The molecular weight excluding hydrogens is 340 g/mol. The first kappa shape index (κ1) is 19.2. The topological polar surface area (TPSA) is 84.0 Å². The second-order valence-corrected chi connectivity index (χ2v) is 8.38. The van der Waals surface area contributed by atoms with Gasteiger partial charge in [0.2, 0.25) is 11.8 Å². The zero-order valence-electron chi connectivity index (χ0n) is 13.0. The van der Waals surface area contributed by atoms with Gasteiger partial charge in [0.25, 0.3) is 0 Å². The quantitative estimate of drug-likeness (QED) is 0.620. The van der Waals surface area contributed by atoms with Gasteiger partial charge >= 0.3 is 0 Å². The van der Waals surface area contributed by atoms with Crippen LogP contribution in [0.1, 0.15) is 27.2 Å². The summed E-state index contributed by atoms with van der Waals surface area (Å²) >= 11 is 4.14. The Morgan fingerprint density at radius 3 is 2.14 bits per heavy atom. The standard InChI is InChI=1S/C13H22N4O2S3/c1-4-5-14-10(18)7-20-12-16-17-13(22-12)21-8-11(19)15-6-9(2)3/h9H,4-8H2,1-3H3,(H,14,18)(H,15,19). The molecule has 0 fully saturated rings. The highest BCUT2D eigenvalue weighted by atomic mass is 32.2. The fourth-order valence-corrected chi connectivity index (χ4v) is 3.93. The molecule has 6 nitrogen and oxygen atoms in total. The average molecular weight is 363 g/mol. The van der Waals surface area contributed by atoms with E-state index in [4.69, 9.17) is 0 Å². The molecule has 0 radical (unpaired) electrons. The summed E-state index contributed by atoms with van der Waals surface area (Å²) in [7, 11) is 0. The fourth-order valence-electron chi connectivity index (χ4n) is 1.25. The number of carbonyl (C=O) groups excluding carboxylic acids is 2. The van der Waals surface area contributed by atoms with Crippen molar-refractivity contribution in [3.8, 4) is 0 Å². The van der Waals surface area contributed by atoms with E-state index in [2.05, 4.69) is 34.7 Å². The first-order valence-electron chi connectivity index (χ1n) is 7.13.